The van der Waals surface area contributed by atoms with E-state index < -0.39 is 23.8 Å². The number of nitrogens with one attached hydrogen (secondary N) is 2. The third kappa shape index (κ3) is 8.40. The van der Waals surface area contributed by atoms with Gasteiger partial charge >= 0.3 is 6.09 Å². The van der Waals surface area contributed by atoms with Crippen molar-refractivity contribution in [1.82, 2.24) is 10.6 Å². The lowest BCUT2D eigenvalue weighted by Gasteiger charge is -2.24. The smallest absolute Gasteiger partial charge is 0.408 e. The van der Waals surface area contributed by atoms with Crippen molar-refractivity contribution in [1.29, 1.82) is 0 Å². The van der Waals surface area contributed by atoms with E-state index in [2.05, 4.69) is 10.6 Å². The zero-order chi connectivity index (χ0) is 23.0. The number of methoxy groups -OCH3 is 1. The Labute approximate surface area is 193 Å². The fraction of sp³-hybridized carbons (Fsp3) is 0.391. The van der Waals surface area contributed by atoms with E-state index in [1.165, 1.54) is 7.11 Å². The average molecular weight is 467 g/mol. The van der Waals surface area contributed by atoms with Crippen molar-refractivity contribution in [2.24, 2.45) is 0 Å². The summed E-state index contributed by atoms with van der Waals surface area (Å²) in [5, 5.41) is 6.46. The average Bonchev–Trinajstić information content (AvgIpc) is 2.68. The van der Waals surface area contributed by atoms with Crippen LogP contribution in [0.5, 0.6) is 0 Å². The number of hydrogen-bond donors (Lipinski definition) is 2. The molecule has 2 rings (SSSR count). The molecule has 2 N–H and O–H groups in total. The quantitative estimate of drug-likeness (QED) is 0.577. The van der Waals surface area contributed by atoms with Crippen molar-refractivity contribution in [3.8, 4) is 0 Å². The van der Waals surface area contributed by atoms with Crippen LogP contribution in [0.25, 0.3) is 0 Å². The molecule has 0 aliphatic heterocycles. The number of ether oxygens (including phenoxy) is 2. The molecule has 0 heterocycles. The van der Waals surface area contributed by atoms with E-state index in [9.17, 15) is 9.59 Å². The predicted molar refractivity (Wildman–Crippen MR) is 123 cm³/mol. The Morgan fingerprint density at radius 3 is 2.32 bits per heavy atom. The summed E-state index contributed by atoms with van der Waals surface area (Å²) in [5.74, 6) is -0.359. The lowest BCUT2D eigenvalue weighted by atomic mass is 10.0. The van der Waals surface area contributed by atoms with Crippen molar-refractivity contribution in [3.05, 3.63) is 69.7 Å². The summed E-state index contributed by atoms with van der Waals surface area (Å²) < 4.78 is 10.8. The molecule has 0 aliphatic carbocycles. The lowest BCUT2D eigenvalue weighted by Crippen LogP contribution is -2.50. The largest absolute Gasteiger partial charge is 0.444 e. The van der Waals surface area contributed by atoms with Crippen LogP contribution in [0.2, 0.25) is 10.0 Å². The number of halogens is 2. The maximum absolute atomic E-state index is 12.9. The van der Waals surface area contributed by atoms with Gasteiger partial charge in [0.15, 0.2) is 0 Å². The Hall–Kier alpha value is -2.28. The summed E-state index contributed by atoms with van der Waals surface area (Å²) >= 11 is 12.2. The number of carbonyl (C=O) groups excluding carboxylic acids is 2. The van der Waals surface area contributed by atoms with Gasteiger partial charge < -0.3 is 20.1 Å². The van der Waals surface area contributed by atoms with E-state index >= 15 is 0 Å². The summed E-state index contributed by atoms with van der Waals surface area (Å²) in [6.45, 7) is 5.45. The molecule has 6 nitrogen and oxygen atoms in total. The number of benzene rings is 2. The van der Waals surface area contributed by atoms with Crippen LogP contribution >= 0.6 is 23.2 Å². The standard InChI is InChI=1S/C23H28Cl2N2O4/c1-23(2,3)31-22(29)27-19(12-15-8-6-5-7-9-15)21(28)26-14-20(30-4)17-11-10-16(24)13-18(17)25/h5-11,13,19-20H,12,14H2,1-4H3,(H,26,28)(H,27,29). The van der Waals surface area contributed by atoms with E-state index in [-0.39, 0.29) is 12.5 Å². The van der Waals surface area contributed by atoms with Gasteiger partial charge in [0.2, 0.25) is 5.91 Å². The van der Waals surface area contributed by atoms with Crippen LogP contribution in [-0.4, -0.2) is 37.3 Å². The maximum Gasteiger partial charge on any atom is 0.408 e. The third-order valence-corrected chi connectivity index (χ3v) is 4.91. The highest BCUT2D eigenvalue weighted by atomic mass is 35.5. The first-order valence-electron chi connectivity index (χ1n) is 9.88. The second-order valence-corrected chi connectivity index (χ2v) is 8.87. The predicted octanol–water partition coefficient (Wildman–Crippen LogP) is 4.93. The van der Waals surface area contributed by atoms with Crippen LogP contribution in [0.15, 0.2) is 48.5 Å². The molecular weight excluding hydrogens is 439 g/mol. The Morgan fingerprint density at radius 2 is 1.74 bits per heavy atom. The molecule has 0 fully saturated rings. The number of amides is 2. The highest BCUT2D eigenvalue weighted by molar-refractivity contribution is 6.35. The summed E-state index contributed by atoms with van der Waals surface area (Å²) in [7, 11) is 1.53. The Kier molecular flexibility index (Phi) is 9.16. The minimum absolute atomic E-state index is 0.165. The highest BCUT2D eigenvalue weighted by Crippen LogP contribution is 2.27. The summed E-state index contributed by atoms with van der Waals surface area (Å²) in [4.78, 5) is 25.2. The fourth-order valence-electron chi connectivity index (χ4n) is 2.91. The molecule has 2 unspecified atom stereocenters. The highest BCUT2D eigenvalue weighted by Gasteiger charge is 2.26. The summed E-state index contributed by atoms with van der Waals surface area (Å²) in [6.07, 6.45) is -0.828. The summed E-state index contributed by atoms with van der Waals surface area (Å²) in [6, 6.07) is 13.7. The molecule has 8 heteroatoms. The van der Waals surface area contributed by atoms with Crippen LogP contribution in [0.4, 0.5) is 4.79 Å². The monoisotopic (exact) mass is 466 g/mol. The van der Waals surface area contributed by atoms with Crippen LogP contribution in [0.1, 0.15) is 38.0 Å². The molecule has 2 atom stereocenters. The molecular formula is C23H28Cl2N2O4. The molecule has 0 aliphatic rings. The molecule has 168 valence electrons. The van der Waals surface area contributed by atoms with Gasteiger partial charge in [0.1, 0.15) is 17.7 Å². The number of rotatable bonds is 8. The molecule has 0 aromatic heterocycles. The molecule has 0 saturated carbocycles. The number of hydrogen-bond acceptors (Lipinski definition) is 4. The fourth-order valence-corrected chi connectivity index (χ4v) is 3.44. The molecule has 0 radical (unpaired) electrons. The lowest BCUT2D eigenvalue weighted by molar-refractivity contribution is -0.123. The minimum atomic E-state index is -0.824. The zero-order valence-electron chi connectivity index (χ0n) is 18.1. The maximum atomic E-state index is 12.9. The van der Waals surface area contributed by atoms with Crippen molar-refractivity contribution in [3.63, 3.8) is 0 Å². The Balaban J connectivity index is 2.10. The van der Waals surface area contributed by atoms with E-state index in [1.54, 1.807) is 39.0 Å². The first kappa shape index (κ1) is 25.0. The Morgan fingerprint density at radius 1 is 1.06 bits per heavy atom. The van der Waals surface area contributed by atoms with Gasteiger partial charge in [0.25, 0.3) is 0 Å². The van der Waals surface area contributed by atoms with Gasteiger partial charge in [-0.15, -0.1) is 0 Å². The van der Waals surface area contributed by atoms with Gasteiger partial charge in [-0.25, -0.2) is 4.79 Å². The SMILES string of the molecule is COC(CNC(=O)C(Cc1ccccc1)NC(=O)OC(C)(C)C)c1ccc(Cl)cc1Cl. The van der Waals surface area contributed by atoms with Crippen molar-refractivity contribution >= 4 is 35.2 Å². The van der Waals surface area contributed by atoms with Crippen LogP contribution < -0.4 is 10.6 Å². The molecule has 0 bridgehead atoms. The second kappa shape index (κ2) is 11.4. The van der Waals surface area contributed by atoms with Crippen molar-refractivity contribution in [2.75, 3.05) is 13.7 Å². The molecule has 2 aromatic carbocycles. The van der Waals surface area contributed by atoms with Gasteiger partial charge in [-0.1, -0.05) is 59.6 Å². The van der Waals surface area contributed by atoms with Gasteiger partial charge in [-0.2, -0.15) is 0 Å². The van der Waals surface area contributed by atoms with E-state index in [4.69, 9.17) is 32.7 Å². The molecule has 31 heavy (non-hydrogen) atoms. The number of alkyl carbamates (subject to hydrolysis) is 1. The molecule has 0 spiro atoms. The summed E-state index contributed by atoms with van der Waals surface area (Å²) in [5.41, 5.74) is 0.931. The molecule has 2 aromatic rings. The molecule has 0 saturated heterocycles. The number of carbonyl (C=O) groups is 2. The van der Waals surface area contributed by atoms with Crippen molar-refractivity contribution < 1.29 is 19.1 Å². The first-order chi connectivity index (χ1) is 14.6. The second-order valence-electron chi connectivity index (χ2n) is 8.02. The van der Waals surface area contributed by atoms with Gasteiger partial charge in [-0.05, 0) is 38.5 Å². The van der Waals surface area contributed by atoms with Crippen LogP contribution in [-0.2, 0) is 20.7 Å². The van der Waals surface area contributed by atoms with Crippen LogP contribution in [0.3, 0.4) is 0 Å². The third-order valence-electron chi connectivity index (χ3n) is 4.35. The van der Waals surface area contributed by atoms with Gasteiger partial charge in [-0.3, -0.25) is 4.79 Å². The van der Waals surface area contributed by atoms with E-state index in [0.717, 1.165) is 5.56 Å². The molecule has 2 amide bonds. The van der Waals surface area contributed by atoms with E-state index in [1.807, 2.05) is 30.3 Å². The van der Waals surface area contributed by atoms with Crippen LogP contribution in [0, 0.1) is 0 Å². The first-order valence-corrected chi connectivity index (χ1v) is 10.6. The normalized spacial score (nSPS) is 13.2. The zero-order valence-corrected chi connectivity index (χ0v) is 19.6. The van der Waals surface area contributed by atoms with Gasteiger partial charge in [0, 0.05) is 35.7 Å². The minimum Gasteiger partial charge on any atom is -0.444 e. The van der Waals surface area contributed by atoms with Crippen molar-refractivity contribution in [2.45, 2.75) is 44.9 Å². The Bertz CT molecular complexity index is 885. The topological polar surface area (TPSA) is 76.7 Å². The van der Waals surface area contributed by atoms with E-state index in [0.29, 0.717) is 22.0 Å². The van der Waals surface area contributed by atoms with Gasteiger partial charge in [0.05, 0.1) is 0 Å².